The molecule has 176 valence electrons. The summed E-state index contributed by atoms with van der Waals surface area (Å²) in [4.78, 5) is 26.1. The van der Waals surface area contributed by atoms with Crippen molar-refractivity contribution >= 4 is 29.2 Å². The molecular formula is C26H29N5O2S. The zero-order chi connectivity index (χ0) is 23.3. The second-order valence-electron chi connectivity index (χ2n) is 8.54. The number of thioether (sulfide) groups is 1. The number of aryl methyl sites for hydroxylation is 1. The van der Waals surface area contributed by atoms with E-state index in [-0.39, 0.29) is 11.9 Å². The summed E-state index contributed by atoms with van der Waals surface area (Å²) in [6.07, 6.45) is 3.58. The first-order chi connectivity index (χ1) is 16.7. The molecule has 0 unspecified atom stereocenters. The molecule has 2 heterocycles. The summed E-state index contributed by atoms with van der Waals surface area (Å²) in [6, 6.07) is 18.7. The van der Waals surface area contributed by atoms with Crippen LogP contribution in [-0.4, -0.2) is 54.9 Å². The summed E-state index contributed by atoms with van der Waals surface area (Å²) in [5, 5.41) is 4.01. The van der Waals surface area contributed by atoms with Crippen LogP contribution < -0.4 is 19.9 Å². The van der Waals surface area contributed by atoms with E-state index in [1.54, 1.807) is 13.4 Å². The first kappa shape index (κ1) is 22.5. The van der Waals surface area contributed by atoms with Crippen molar-refractivity contribution in [2.45, 2.75) is 23.9 Å². The van der Waals surface area contributed by atoms with Crippen LogP contribution in [0.1, 0.15) is 23.6 Å². The molecule has 1 atom stereocenters. The number of aromatic nitrogens is 2. The van der Waals surface area contributed by atoms with Crippen LogP contribution in [0.25, 0.3) is 0 Å². The van der Waals surface area contributed by atoms with Crippen molar-refractivity contribution in [3.63, 3.8) is 0 Å². The van der Waals surface area contributed by atoms with Crippen LogP contribution in [0, 0.1) is 0 Å². The van der Waals surface area contributed by atoms with Gasteiger partial charge in [0.05, 0.1) is 18.9 Å². The molecule has 1 N–H and O–H groups in total. The Kier molecular flexibility index (Phi) is 6.85. The third-order valence-electron chi connectivity index (χ3n) is 6.47. The SMILES string of the molecule is COc1cccc(N2CCN(c3cc(SCC(=O)N[C@H]4CCc5ccccc54)ncn3)CC2)c1. The standard InChI is InChI=1S/C26H29N5O2S/c1-33-21-7-4-6-20(15-21)30-11-13-31(14-12-30)24-16-26(28-18-27-24)34-17-25(32)29-23-10-9-19-5-2-3-8-22(19)23/h2-8,15-16,18,23H,9-14,17H2,1H3,(H,29,32)/t23-/m0/s1. The molecule has 1 aliphatic heterocycles. The highest BCUT2D eigenvalue weighted by Gasteiger charge is 2.23. The second-order valence-corrected chi connectivity index (χ2v) is 9.53. The van der Waals surface area contributed by atoms with Gasteiger partial charge in [0, 0.05) is 44.0 Å². The maximum Gasteiger partial charge on any atom is 0.230 e. The number of benzene rings is 2. The molecule has 7 nitrogen and oxygen atoms in total. The minimum absolute atomic E-state index is 0.0405. The van der Waals surface area contributed by atoms with Gasteiger partial charge in [-0.05, 0) is 36.1 Å². The maximum atomic E-state index is 12.6. The summed E-state index contributed by atoms with van der Waals surface area (Å²) in [5.41, 5.74) is 3.76. The third kappa shape index (κ3) is 5.12. The molecule has 2 aromatic carbocycles. The van der Waals surface area contributed by atoms with Gasteiger partial charge in [-0.15, -0.1) is 0 Å². The lowest BCUT2D eigenvalue weighted by molar-refractivity contribution is -0.119. The molecule has 1 saturated heterocycles. The molecule has 5 rings (SSSR count). The number of carbonyl (C=O) groups excluding carboxylic acids is 1. The Hall–Kier alpha value is -3.26. The van der Waals surface area contributed by atoms with Crippen molar-refractivity contribution in [3.05, 3.63) is 72.1 Å². The van der Waals surface area contributed by atoms with Gasteiger partial charge in [-0.1, -0.05) is 42.1 Å². The van der Waals surface area contributed by atoms with Crippen molar-refractivity contribution in [2.75, 3.05) is 48.8 Å². The van der Waals surface area contributed by atoms with Crippen molar-refractivity contribution in [1.82, 2.24) is 15.3 Å². The minimum Gasteiger partial charge on any atom is -0.497 e. The number of fused-ring (bicyclic) bond motifs is 1. The number of hydrogen-bond acceptors (Lipinski definition) is 7. The van der Waals surface area contributed by atoms with Crippen LogP contribution >= 0.6 is 11.8 Å². The molecule has 0 radical (unpaired) electrons. The number of carbonyl (C=O) groups is 1. The van der Waals surface area contributed by atoms with E-state index in [9.17, 15) is 4.79 Å². The molecule has 0 spiro atoms. The van der Waals surface area contributed by atoms with Crippen molar-refractivity contribution in [2.24, 2.45) is 0 Å². The molecule has 1 aliphatic carbocycles. The Bertz CT molecular complexity index is 1150. The van der Waals surface area contributed by atoms with Gasteiger partial charge in [-0.25, -0.2) is 9.97 Å². The van der Waals surface area contributed by atoms with Gasteiger partial charge in [-0.3, -0.25) is 4.79 Å². The normalized spacial score (nSPS) is 17.4. The van der Waals surface area contributed by atoms with Gasteiger partial charge >= 0.3 is 0 Å². The summed E-state index contributed by atoms with van der Waals surface area (Å²) in [6.45, 7) is 3.57. The molecule has 3 aromatic rings. The van der Waals surface area contributed by atoms with Gasteiger partial charge in [-0.2, -0.15) is 0 Å². The predicted molar refractivity (Wildman–Crippen MR) is 136 cm³/mol. The Morgan fingerprint density at radius 2 is 1.88 bits per heavy atom. The van der Waals surface area contributed by atoms with Crippen molar-refractivity contribution < 1.29 is 9.53 Å². The predicted octanol–water partition coefficient (Wildman–Crippen LogP) is 3.71. The molecular weight excluding hydrogens is 446 g/mol. The van der Waals surface area contributed by atoms with Crippen molar-refractivity contribution in [3.8, 4) is 5.75 Å². The van der Waals surface area contributed by atoms with Crippen LogP contribution in [0.3, 0.4) is 0 Å². The minimum atomic E-state index is 0.0405. The smallest absolute Gasteiger partial charge is 0.230 e. The lowest BCUT2D eigenvalue weighted by Gasteiger charge is -2.36. The number of nitrogens with one attached hydrogen (secondary N) is 1. The number of hydrogen-bond donors (Lipinski definition) is 1. The molecule has 1 aromatic heterocycles. The lowest BCUT2D eigenvalue weighted by Crippen LogP contribution is -2.46. The quantitative estimate of drug-likeness (QED) is 0.413. The van der Waals surface area contributed by atoms with E-state index < -0.39 is 0 Å². The molecule has 8 heteroatoms. The lowest BCUT2D eigenvalue weighted by atomic mass is 10.1. The fraction of sp³-hybridized carbons (Fsp3) is 0.346. The third-order valence-corrected chi connectivity index (χ3v) is 7.39. The van der Waals surface area contributed by atoms with Crippen LogP contribution in [0.5, 0.6) is 5.75 Å². The Labute approximate surface area is 204 Å². The summed E-state index contributed by atoms with van der Waals surface area (Å²) < 4.78 is 5.36. The summed E-state index contributed by atoms with van der Waals surface area (Å²) >= 11 is 1.46. The Morgan fingerprint density at radius 3 is 2.74 bits per heavy atom. The van der Waals surface area contributed by atoms with Gasteiger partial charge < -0.3 is 19.9 Å². The van der Waals surface area contributed by atoms with Gasteiger partial charge in [0.1, 0.15) is 22.9 Å². The van der Waals surface area contributed by atoms with Crippen LogP contribution in [0.15, 0.2) is 66.0 Å². The number of rotatable bonds is 7. The first-order valence-corrected chi connectivity index (χ1v) is 12.6. The van der Waals surface area contributed by atoms with E-state index in [4.69, 9.17) is 4.74 Å². The highest BCUT2D eigenvalue weighted by molar-refractivity contribution is 7.99. The maximum absolute atomic E-state index is 12.6. The molecule has 0 saturated carbocycles. The number of anilines is 2. The van der Waals surface area contributed by atoms with Gasteiger partial charge in [0.2, 0.25) is 5.91 Å². The zero-order valence-corrected chi connectivity index (χ0v) is 20.1. The fourth-order valence-corrected chi connectivity index (χ4v) is 5.34. The molecule has 1 fully saturated rings. The molecule has 1 amide bonds. The topological polar surface area (TPSA) is 70.6 Å². The van der Waals surface area contributed by atoms with E-state index in [0.29, 0.717) is 5.75 Å². The Balaban J connectivity index is 1.13. The number of piperazine rings is 1. The average Bonchev–Trinajstić information content (AvgIpc) is 3.30. The number of amides is 1. The van der Waals surface area contributed by atoms with E-state index in [1.807, 2.05) is 24.3 Å². The van der Waals surface area contributed by atoms with Crippen LogP contribution in [0.4, 0.5) is 11.5 Å². The van der Waals surface area contributed by atoms with Gasteiger partial charge in [0.15, 0.2) is 0 Å². The fourth-order valence-electron chi connectivity index (χ4n) is 4.67. The highest BCUT2D eigenvalue weighted by Crippen LogP contribution is 2.31. The largest absolute Gasteiger partial charge is 0.497 e. The van der Waals surface area contributed by atoms with E-state index in [0.717, 1.165) is 55.6 Å². The highest BCUT2D eigenvalue weighted by atomic mass is 32.2. The van der Waals surface area contributed by atoms with Crippen molar-refractivity contribution in [1.29, 1.82) is 0 Å². The number of nitrogens with zero attached hydrogens (tertiary/aromatic N) is 4. The van der Waals surface area contributed by atoms with E-state index in [1.165, 1.54) is 28.6 Å². The average molecular weight is 476 g/mol. The summed E-state index contributed by atoms with van der Waals surface area (Å²) in [7, 11) is 1.69. The van der Waals surface area contributed by atoms with E-state index in [2.05, 4.69) is 55.4 Å². The number of ether oxygens (including phenoxy) is 1. The zero-order valence-electron chi connectivity index (χ0n) is 19.3. The second kappa shape index (κ2) is 10.3. The monoisotopic (exact) mass is 475 g/mol. The van der Waals surface area contributed by atoms with Crippen LogP contribution in [-0.2, 0) is 11.2 Å². The Morgan fingerprint density at radius 1 is 1.06 bits per heavy atom. The summed E-state index contributed by atoms with van der Waals surface area (Å²) in [5.74, 6) is 2.17. The molecule has 0 bridgehead atoms. The van der Waals surface area contributed by atoms with Gasteiger partial charge in [0.25, 0.3) is 0 Å². The number of methoxy groups -OCH3 is 1. The molecule has 34 heavy (non-hydrogen) atoms. The van der Waals surface area contributed by atoms with E-state index >= 15 is 0 Å². The molecule has 2 aliphatic rings. The van der Waals surface area contributed by atoms with Crippen LogP contribution in [0.2, 0.25) is 0 Å². The first-order valence-electron chi connectivity index (χ1n) is 11.7.